The third-order valence-corrected chi connectivity index (χ3v) is 4.73. The molecule has 2 rings (SSSR count). The van der Waals surface area contributed by atoms with E-state index in [0.717, 1.165) is 45.1 Å². The molecule has 0 radical (unpaired) electrons. The van der Waals surface area contributed by atoms with Gasteiger partial charge in [-0.1, -0.05) is 6.92 Å². The molecule has 1 amide bonds. The maximum atomic E-state index is 12.5. The molecule has 104 valence electrons. The van der Waals surface area contributed by atoms with Crippen molar-refractivity contribution in [1.82, 2.24) is 4.90 Å². The number of aliphatic hydroxyl groups is 1. The number of aliphatic hydroxyl groups excluding tert-OH is 1. The van der Waals surface area contributed by atoms with Crippen LogP contribution >= 0.6 is 0 Å². The minimum absolute atomic E-state index is 0.121. The third-order valence-electron chi connectivity index (χ3n) is 4.73. The van der Waals surface area contributed by atoms with Crippen molar-refractivity contribution in [2.75, 3.05) is 13.2 Å². The number of rotatable bonds is 3. The fraction of sp³-hybridized carbons (Fsp3) is 0.929. The Bertz CT molecular complexity index is 296. The van der Waals surface area contributed by atoms with Crippen LogP contribution in [0, 0.1) is 11.8 Å². The summed E-state index contributed by atoms with van der Waals surface area (Å²) in [5.74, 6) is 0.949. The molecule has 1 saturated heterocycles. The van der Waals surface area contributed by atoms with E-state index in [1.165, 1.54) is 0 Å². The van der Waals surface area contributed by atoms with Crippen molar-refractivity contribution in [1.29, 1.82) is 0 Å². The second-order valence-electron chi connectivity index (χ2n) is 5.99. The van der Waals surface area contributed by atoms with Crippen LogP contribution in [0.3, 0.4) is 0 Å². The summed E-state index contributed by atoms with van der Waals surface area (Å²) >= 11 is 0. The Kier molecular flexibility index (Phi) is 4.62. The molecule has 2 aliphatic rings. The molecule has 1 aliphatic carbocycles. The topological polar surface area (TPSA) is 66.6 Å². The number of likely N-dealkylation sites (tertiary alicyclic amines) is 1. The Labute approximate surface area is 110 Å². The molecule has 0 spiro atoms. The van der Waals surface area contributed by atoms with E-state index in [9.17, 15) is 4.79 Å². The molecule has 4 unspecified atom stereocenters. The van der Waals surface area contributed by atoms with Gasteiger partial charge in [0.15, 0.2) is 0 Å². The van der Waals surface area contributed by atoms with Crippen molar-refractivity contribution in [3.05, 3.63) is 0 Å². The van der Waals surface area contributed by atoms with Gasteiger partial charge in [-0.25, -0.2) is 0 Å². The second kappa shape index (κ2) is 6.02. The summed E-state index contributed by atoms with van der Waals surface area (Å²) in [4.78, 5) is 14.5. The quantitative estimate of drug-likeness (QED) is 0.793. The van der Waals surface area contributed by atoms with Crippen LogP contribution in [0.4, 0.5) is 0 Å². The van der Waals surface area contributed by atoms with E-state index in [-0.39, 0.29) is 30.5 Å². The zero-order chi connectivity index (χ0) is 13.1. The summed E-state index contributed by atoms with van der Waals surface area (Å²) in [6.07, 6.45) is 5.72. The zero-order valence-electron chi connectivity index (χ0n) is 11.3. The average molecular weight is 254 g/mol. The van der Waals surface area contributed by atoms with Gasteiger partial charge in [0.2, 0.25) is 5.91 Å². The average Bonchev–Trinajstić information content (AvgIpc) is 2.80. The highest BCUT2D eigenvalue weighted by atomic mass is 16.3. The van der Waals surface area contributed by atoms with Crippen LogP contribution in [-0.4, -0.2) is 41.1 Å². The van der Waals surface area contributed by atoms with Gasteiger partial charge in [0.25, 0.3) is 0 Å². The largest absolute Gasteiger partial charge is 0.396 e. The summed E-state index contributed by atoms with van der Waals surface area (Å²) in [5, 5.41) is 9.06. The molecule has 2 fully saturated rings. The Morgan fingerprint density at radius 1 is 1.39 bits per heavy atom. The first kappa shape index (κ1) is 13.8. The first-order chi connectivity index (χ1) is 8.63. The highest BCUT2D eigenvalue weighted by molar-refractivity contribution is 5.79. The number of nitrogens with two attached hydrogens (primary N) is 1. The first-order valence-corrected chi connectivity index (χ1v) is 7.30. The summed E-state index contributed by atoms with van der Waals surface area (Å²) < 4.78 is 0. The van der Waals surface area contributed by atoms with Gasteiger partial charge in [-0.3, -0.25) is 4.79 Å². The molecule has 4 atom stereocenters. The summed E-state index contributed by atoms with van der Waals surface area (Å²) in [6.45, 7) is 3.22. The number of amides is 1. The first-order valence-electron chi connectivity index (χ1n) is 7.30. The van der Waals surface area contributed by atoms with Gasteiger partial charge < -0.3 is 15.7 Å². The maximum absolute atomic E-state index is 12.5. The van der Waals surface area contributed by atoms with Gasteiger partial charge in [-0.2, -0.15) is 0 Å². The SMILES string of the molecule is CC1CCC(C(=O)N2CCCC2CCO)CC1N. The van der Waals surface area contributed by atoms with Crippen molar-refractivity contribution >= 4 is 5.91 Å². The Hall–Kier alpha value is -0.610. The van der Waals surface area contributed by atoms with Crippen molar-refractivity contribution in [3.63, 3.8) is 0 Å². The minimum Gasteiger partial charge on any atom is -0.396 e. The Balaban J connectivity index is 1.94. The molecule has 1 saturated carbocycles. The lowest BCUT2D eigenvalue weighted by molar-refractivity contribution is -0.138. The van der Waals surface area contributed by atoms with E-state index in [1.54, 1.807) is 0 Å². The highest BCUT2D eigenvalue weighted by Gasteiger charge is 2.36. The van der Waals surface area contributed by atoms with Crippen LogP contribution in [0.1, 0.15) is 45.4 Å². The number of carbonyl (C=O) groups is 1. The van der Waals surface area contributed by atoms with E-state index >= 15 is 0 Å². The molecule has 1 aliphatic heterocycles. The Morgan fingerprint density at radius 3 is 2.83 bits per heavy atom. The van der Waals surface area contributed by atoms with Gasteiger partial charge in [0, 0.05) is 31.2 Å². The normalized spacial score (nSPS) is 36.9. The third kappa shape index (κ3) is 2.86. The van der Waals surface area contributed by atoms with Crippen LogP contribution < -0.4 is 5.73 Å². The fourth-order valence-electron chi connectivity index (χ4n) is 3.39. The fourth-order valence-corrected chi connectivity index (χ4v) is 3.39. The summed E-state index contributed by atoms with van der Waals surface area (Å²) in [7, 11) is 0. The number of carbonyl (C=O) groups excluding carboxylic acids is 1. The predicted octanol–water partition coefficient (Wildman–Crippen LogP) is 1.12. The molecule has 1 heterocycles. The van der Waals surface area contributed by atoms with Gasteiger partial charge >= 0.3 is 0 Å². The number of hydrogen-bond donors (Lipinski definition) is 2. The Morgan fingerprint density at radius 2 is 2.17 bits per heavy atom. The standard InChI is InChI=1S/C14H26N2O2/c1-10-4-5-11(9-13(10)15)14(18)16-7-2-3-12(16)6-8-17/h10-13,17H,2-9,15H2,1H3. The smallest absolute Gasteiger partial charge is 0.225 e. The van der Waals surface area contributed by atoms with Crippen LogP contribution in [0.5, 0.6) is 0 Å². The molecule has 0 bridgehead atoms. The molecule has 0 aromatic heterocycles. The molecule has 0 aromatic rings. The van der Waals surface area contributed by atoms with Gasteiger partial charge in [0.05, 0.1) is 0 Å². The molecule has 3 N–H and O–H groups in total. The monoisotopic (exact) mass is 254 g/mol. The van der Waals surface area contributed by atoms with Crippen LogP contribution in [0.15, 0.2) is 0 Å². The molecular formula is C14H26N2O2. The highest BCUT2D eigenvalue weighted by Crippen LogP contribution is 2.31. The minimum atomic E-state index is 0.121. The lowest BCUT2D eigenvalue weighted by atomic mass is 9.79. The van der Waals surface area contributed by atoms with E-state index in [2.05, 4.69) is 6.92 Å². The van der Waals surface area contributed by atoms with E-state index in [4.69, 9.17) is 10.8 Å². The van der Waals surface area contributed by atoms with Crippen LogP contribution in [-0.2, 0) is 4.79 Å². The van der Waals surface area contributed by atoms with E-state index in [0.29, 0.717) is 5.92 Å². The molecule has 4 heteroatoms. The maximum Gasteiger partial charge on any atom is 0.225 e. The van der Waals surface area contributed by atoms with Crippen molar-refractivity contribution in [3.8, 4) is 0 Å². The summed E-state index contributed by atoms with van der Waals surface area (Å²) in [6, 6.07) is 0.435. The van der Waals surface area contributed by atoms with Gasteiger partial charge in [-0.15, -0.1) is 0 Å². The summed E-state index contributed by atoms with van der Waals surface area (Å²) in [5.41, 5.74) is 6.09. The zero-order valence-corrected chi connectivity index (χ0v) is 11.3. The molecule has 4 nitrogen and oxygen atoms in total. The number of nitrogens with zero attached hydrogens (tertiary/aromatic N) is 1. The predicted molar refractivity (Wildman–Crippen MR) is 70.9 cm³/mol. The van der Waals surface area contributed by atoms with Crippen LogP contribution in [0.25, 0.3) is 0 Å². The van der Waals surface area contributed by atoms with Gasteiger partial charge in [0.1, 0.15) is 0 Å². The van der Waals surface area contributed by atoms with Crippen molar-refractivity contribution in [2.45, 2.75) is 57.5 Å². The van der Waals surface area contributed by atoms with E-state index < -0.39 is 0 Å². The molecular weight excluding hydrogens is 228 g/mol. The molecule has 18 heavy (non-hydrogen) atoms. The second-order valence-corrected chi connectivity index (χ2v) is 5.99. The lowest BCUT2D eigenvalue weighted by Gasteiger charge is -2.35. The van der Waals surface area contributed by atoms with Crippen molar-refractivity contribution < 1.29 is 9.90 Å². The number of hydrogen-bond acceptors (Lipinski definition) is 3. The van der Waals surface area contributed by atoms with Crippen molar-refractivity contribution in [2.24, 2.45) is 17.6 Å². The van der Waals surface area contributed by atoms with Gasteiger partial charge in [-0.05, 0) is 44.4 Å². The van der Waals surface area contributed by atoms with Crippen LogP contribution in [0.2, 0.25) is 0 Å². The molecule has 0 aromatic carbocycles. The lowest BCUT2D eigenvalue weighted by Crippen LogP contribution is -2.45. The van der Waals surface area contributed by atoms with E-state index in [1.807, 2.05) is 4.90 Å².